The normalized spacial score (nSPS) is 16.1. The van der Waals surface area contributed by atoms with Crippen molar-refractivity contribution in [1.82, 2.24) is 15.2 Å². The predicted octanol–water partition coefficient (Wildman–Crippen LogP) is 0.593. The number of nitriles is 2. The molecule has 0 saturated carbocycles. The average Bonchev–Trinajstić information content (AvgIpc) is 3.03. The first-order valence-corrected chi connectivity index (χ1v) is 6.93. The SMILES string of the molecule is N#Cc1ccc(NCCNCC(=O)N2C=CC[C@H]2C#N)nc1. The first-order chi connectivity index (χ1) is 10.7. The number of carbonyl (C=O) groups excluding carboxylic acids is 1. The molecular formula is C15H16N6O. The van der Waals surface area contributed by atoms with E-state index >= 15 is 0 Å². The van der Waals surface area contributed by atoms with Gasteiger partial charge < -0.3 is 15.5 Å². The van der Waals surface area contributed by atoms with Crippen LogP contribution in [-0.2, 0) is 4.79 Å². The molecule has 0 aromatic carbocycles. The van der Waals surface area contributed by atoms with Crippen LogP contribution in [0.5, 0.6) is 0 Å². The van der Waals surface area contributed by atoms with Gasteiger partial charge in [-0.15, -0.1) is 0 Å². The van der Waals surface area contributed by atoms with Gasteiger partial charge in [-0.3, -0.25) is 4.79 Å². The zero-order chi connectivity index (χ0) is 15.8. The fourth-order valence-electron chi connectivity index (χ4n) is 2.02. The van der Waals surface area contributed by atoms with E-state index in [2.05, 4.69) is 21.7 Å². The quantitative estimate of drug-likeness (QED) is 0.745. The summed E-state index contributed by atoms with van der Waals surface area (Å²) in [5.41, 5.74) is 0.514. The summed E-state index contributed by atoms with van der Waals surface area (Å²) in [6.07, 6.45) is 5.58. The van der Waals surface area contributed by atoms with E-state index in [0.29, 0.717) is 30.9 Å². The molecule has 1 aromatic heterocycles. The summed E-state index contributed by atoms with van der Waals surface area (Å²) >= 11 is 0. The maximum atomic E-state index is 11.9. The van der Waals surface area contributed by atoms with Gasteiger partial charge >= 0.3 is 0 Å². The number of pyridine rings is 1. The molecule has 7 heteroatoms. The summed E-state index contributed by atoms with van der Waals surface area (Å²) < 4.78 is 0. The Morgan fingerprint density at radius 1 is 1.41 bits per heavy atom. The second kappa shape index (κ2) is 7.77. The van der Waals surface area contributed by atoms with E-state index in [1.807, 2.05) is 12.1 Å². The highest BCUT2D eigenvalue weighted by Crippen LogP contribution is 2.13. The van der Waals surface area contributed by atoms with Crippen LogP contribution in [0.15, 0.2) is 30.6 Å². The van der Waals surface area contributed by atoms with Crippen molar-refractivity contribution >= 4 is 11.7 Å². The summed E-state index contributed by atoms with van der Waals surface area (Å²) in [4.78, 5) is 17.5. The molecule has 0 radical (unpaired) electrons. The predicted molar refractivity (Wildman–Crippen MR) is 80.3 cm³/mol. The van der Waals surface area contributed by atoms with Gasteiger partial charge in [-0.25, -0.2) is 4.98 Å². The molecule has 7 nitrogen and oxygen atoms in total. The third kappa shape index (κ3) is 4.05. The molecule has 1 amide bonds. The van der Waals surface area contributed by atoms with Crippen LogP contribution in [0.3, 0.4) is 0 Å². The van der Waals surface area contributed by atoms with Crippen molar-refractivity contribution in [3.63, 3.8) is 0 Å². The lowest BCUT2D eigenvalue weighted by molar-refractivity contribution is -0.128. The molecule has 1 aliphatic rings. The molecule has 1 atom stereocenters. The third-order valence-electron chi connectivity index (χ3n) is 3.17. The lowest BCUT2D eigenvalue weighted by atomic mass is 10.2. The molecule has 22 heavy (non-hydrogen) atoms. The highest BCUT2D eigenvalue weighted by atomic mass is 16.2. The lowest BCUT2D eigenvalue weighted by Crippen LogP contribution is -2.39. The van der Waals surface area contributed by atoms with Gasteiger partial charge in [-0.2, -0.15) is 10.5 Å². The number of nitrogens with one attached hydrogen (secondary N) is 2. The van der Waals surface area contributed by atoms with Crippen molar-refractivity contribution in [2.24, 2.45) is 0 Å². The molecule has 0 saturated heterocycles. The minimum Gasteiger partial charge on any atom is -0.369 e. The molecule has 0 unspecified atom stereocenters. The van der Waals surface area contributed by atoms with Crippen molar-refractivity contribution in [2.45, 2.75) is 12.5 Å². The third-order valence-corrected chi connectivity index (χ3v) is 3.17. The molecule has 0 bridgehead atoms. The van der Waals surface area contributed by atoms with E-state index in [-0.39, 0.29) is 18.5 Å². The van der Waals surface area contributed by atoms with Gasteiger partial charge in [0.2, 0.25) is 5.91 Å². The Morgan fingerprint density at radius 2 is 2.27 bits per heavy atom. The minimum atomic E-state index is -0.379. The molecule has 0 aliphatic carbocycles. The topological polar surface area (TPSA) is 105 Å². The van der Waals surface area contributed by atoms with Crippen LogP contribution >= 0.6 is 0 Å². The van der Waals surface area contributed by atoms with Crippen LogP contribution in [0, 0.1) is 22.7 Å². The Labute approximate surface area is 128 Å². The van der Waals surface area contributed by atoms with Gasteiger partial charge in [0.05, 0.1) is 18.2 Å². The van der Waals surface area contributed by atoms with Crippen molar-refractivity contribution in [2.75, 3.05) is 25.0 Å². The summed E-state index contributed by atoms with van der Waals surface area (Å²) in [7, 11) is 0. The Hall–Kier alpha value is -2.90. The van der Waals surface area contributed by atoms with Crippen LogP contribution in [0.2, 0.25) is 0 Å². The van der Waals surface area contributed by atoms with Gasteiger partial charge in [-0.05, 0) is 12.1 Å². The molecule has 2 rings (SSSR count). The molecule has 1 aromatic rings. The molecule has 1 aliphatic heterocycles. The van der Waals surface area contributed by atoms with Gasteiger partial charge in [0.25, 0.3) is 0 Å². The fraction of sp³-hybridized carbons (Fsp3) is 0.333. The maximum absolute atomic E-state index is 11.9. The summed E-state index contributed by atoms with van der Waals surface area (Å²) in [5, 5.41) is 23.7. The van der Waals surface area contributed by atoms with E-state index in [0.717, 1.165) is 0 Å². The van der Waals surface area contributed by atoms with Crippen molar-refractivity contribution in [3.05, 3.63) is 36.2 Å². The molecule has 2 heterocycles. The second-order valence-electron chi connectivity index (χ2n) is 4.71. The zero-order valence-electron chi connectivity index (χ0n) is 12.0. The number of hydrogen-bond acceptors (Lipinski definition) is 6. The minimum absolute atomic E-state index is 0.114. The monoisotopic (exact) mass is 296 g/mol. The molecular weight excluding hydrogens is 280 g/mol. The molecule has 0 fully saturated rings. The Balaban J connectivity index is 1.65. The Kier molecular flexibility index (Phi) is 5.47. The lowest BCUT2D eigenvalue weighted by Gasteiger charge is -2.18. The Morgan fingerprint density at radius 3 is 2.95 bits per heavy atom. The standard InChI is InChI=1S/C15H16N6O/c16-8-12-3-4-14(20-10-12)19-6-5-18-11-15(22)21-7-1-2-13(21)9-17/h1,3-4,7,10,13,18H,2,5-6,11H2,(H,19,20)/t13-/m0/s1. The van der Waals surface area contributed by atoms with Gasteiger partial charge in [0.1, 0.15) is 17.9 Å². The van der Waals surface area contributed by atoms with Gasteiger partial charge in [0, 0.05) is 31.9 Å². The van der Waals surface area contributed by atoms with Crippen LogP contribution < -0.4 is 10.6 Å². The van der Waals surface area contributed by atoms with Crippen molar-refractivity contribution < 1.29 is 4.79 Å². The molecule has 0 spiro atoms. The maximum Gasteiger partial charge on any atom is 0.241 e. The van der Waals surface area contributed by atoms with Crippen molar-refractivity contribution in [3.8, 4) is 12.1 Å². The second-order valence-corrected chi connectivity index (χ2v) is 4.71. The van der Waals surface area contributed by atoms with Crippen LogP contribution in [0.4, 0.5) is 5.82 Å². The van der Waals surface area contributed by atoms with Gasteiger partial charge in [0.15, 0.2) is 0 Å². The van der Waals surface area contributed by atoms with Crippen LogP contribution in [0.25, 0.3) is 0 Å². The molecule has 112 valence electrons. The van der Waals surface area contributed by atoms with Crippen LogP contribution in [0.1, 0.15) is 12.0 Å². The Bertz CT molecular complexity index is 625. The number of aromatic nitrogens is 1. The zero-order valence-corrected chi connectivity index (χ0v) is 12.0. The fourth-order valence-corrected chi connectivity index (χ4v) is 2.02. The summed E-state index contributed by atoms with van der Waals surface area (Å²) in [6.45, 7) is 1.37. The smallest absolute Gasteiger partial charge is 0.241 e. The van der Waals surface area contributed by atoms with Crippen LogP contribution in [-0.4, -0.2) is 41.5 Å². The number of carbonyl (C=O) groups is 1. The highest BCUT2D eigenvalue weighted by Gasteiger charge is 2.23. The number of amides is 1. The number of hydrogen-bond donors (Lipinski definition) is 2. The van der Waals surface area contributed by atoms with E-state index in [4.69, 9.17) is 10.5 Å². The number of nitrogens with zero attached hydrogens (tertiary/aromatic N) is 4. The summed E-state index contributed by atoms with van der Waals surface area (Å²) in [5.74, 6) is 0.566. The number of anilines is 1. The number of rotatable bonds is 6. The summed E-state index contributed by atoms with van der Waals surface area (Å²) in [6, 6.07) is 7.15. The first kappa shape index (κ1) is 15.5. The van der Waals surface area contributed by atoms with Gasteiger partial charge in [-0.1, -0.05) is 6.08 Å². The first-order valence-electron chi connectivity index (χ1n) is 6.93. The van der Waals surface area contributed by atoms with E-state index in [9.17, 15) is 4.79 Å². The van der Waals surface area contributed by atoms with E-state index in [1.165, 1.54) is 11.1 Å². The van der Waals surface area contributed by atoms with E-state index in [1.54, 1.807) is 18.3 Å². The van der Waals surface area contributed by atoms with E-state index < -0.39 is 0 Å². The largest absolute Gasteiger partial charge is 0.369 e. The van der Waals surface area contributed by atoms with Crippen molar-refractivity contribution in [1.29, 1.82) is 10.5 Å². The highest BCUT2D eigenvalue weighted by molar-refractivity contribution is 5.80. The average molecular weight is 296 g/mol. The molecule has 2 N–H and O–H groups in total.